The van der Waals surface area contributed by atoms with Gasteiger partial charge in [-0.05, 0) is 44.5 Å². The zero-order valence-electron chi connectivity index (χ0n) is 11.1. The minimum Gasteiger partial charge on any atom is -0.336 e. The van der Waals surface area contributed by atoms with E-state index in [1.807, 2.05) is 24.1 Å². The number of hydrogen-bond donors (Lipinski definition) is 1. The number of rotatable bonds is 4. The number of likely N-dealkylation sites (tertiary alicyclic amines) is 1. The number of aromatic nitrogens is 1. The lowest BCUT2D eigenvalue weighted by Gasteiger charge is -2.35. The monoisotopic (exact) mass is 247 g/mol. The standard InChI is InChI=1S/C14H21N3O/c1-14(11-15-2)6-3-9-17(14)13(18)10-12-4-7-16-8-5-12/h4-5,7-8,15H,3,6,9-11H2,1-2H3. The summed E-state index contributed by atoms with van der Waals surface area (Å²) in [7, 11) is 1.94. The number of pyridine rings is 1. The van der Waals surface area contributed by atoms with Crippen LogP contribution >= 0.6 is 0 Å². The van der Waals surface area contributed by atoms with Gasteiger partial charge in [-0.15, -0.1) is 0 Å². The van der Waals surface area contributed by atoms with Gasteiger partial charge in [0.25, 0.3) is 0 Å². The van der Waals surface area contributed by atoms with E-state index >= 15 is 0 Å². The summed E-state index contributed by atoms with van der Waals surface area (Å²) in [6.07, 6.45) is 6.12. The Morgan fingerprint density at radius 2 is 2.22 bits per heavy atom. The number of nitrogens with zero attached hydrogens (tertiary/aromatic N) is 2. The highest BCUT2D eigenvalue weighted by atomic mass is 16.2. The van der Waals surface area contributed by atoms with Crippen LogP contribution in [0, 0.1) is 0 Å². The minimum atomic E-state index is -0.0289. The Hall–Kier alpha value is -1.42. The summed E-state index contributed by atoms with van der Waals surface area (Å²) in [5.74, 6) is 0.219. The molecule has 0 spiro atoms. The molecule has 4 heteroatoms. The molecular formula is C14H21N3O. The maximum Gasteiger partial charge on any atom is 0.227 e. The molecule has 0 radical (unpaired) electrons. The fourth-order valence-corrected chi connectivity index (χ4v) is 2.78. The molecule has 1 aliphatic rings. The van der Waals surface area contributed by atoms with Crippen LogP contribution in [-0.4, -0.2) is 41.5 Å². The van der Waals surface area contributed by atoms with Crippen molar-refractivity contribution in [2.45, 2.75) is 31.7 Å². The van der Waals surface area contributed by atoms with Crippen LogP contribution in [0.4, 0.5) is 0 Å². The summed E-state index contributed by atoms with van der Waals surface area (Å²) < 4.78 is 0. The van der Waals surface area contributed by atoms with Crippen molar-refractivity contribution < 1.29 is 4.79 Å². The molecule has 18 heavy (non-hydrogen) atoms. The van der Waals surface area contributed by atoms with E-state index in [0.717, 1.165) is 31.5 Å². The van der Waals surface area contributed by atoms with Gasteiger partial charge in [-0.25, -0.2) is 0 Å². The molecule has 1 atom stereocenters. The summed E-state index contributed by atoms with van der Waals surface area (Å²) in [6, 6.07) is 3.81. The van der Waals surface area contributed by atoms with Crippen LogP contribution in [0.1, 0.15) is 25.3 Å². The normalized spacial score (nSPS) is 23.3. The van der Waals surface area contributed by atoms with E-state index in [1.165, 1.54) is 0 Å². The number of likely N-dealkylation sites (N-methyl/N-ethyl adjacent to an activating group) is 1. The Morgan fingerprint density at radius 1 is 1.50 bits per heavy atom. The first-order valence-electron chi connectivity index (χ1n) is 6.50. The van der Waals surface area contributed by atoms with Crippen molar-refractivity contribution in [2.75, 3.05) is 20.1 Å². The maximum atomic E-state index is 12.4. The molecule has 1 fully saturated rings. The third kappa shape index (κ3) is 2.70. The Balaban J connectivity index is 2.04. The molecule has 1 aliphatic heterocycles. The molecule has 1 amide bonds. The summed E-state index contributed by atoms with van der Waals surface area (Å²) in [4.78, 5) is 18.4. The largest absolute Gasteiger partial charge is 0.336 e. The molecule has 0 aliphatic carbocycles. The van der Waals surface area contributed by atoms with Crippen molar-refractivity contribution in [2.24, 2.45) is 0 Å². The minimum absolute atomic E-state index is 0.0289. The zero-order valence-corrected chi connectivity index (χ0v) is 11.1. The Kier molecular flexibility index (Phi) is 3.97. The van der Waals surface area contributed by atoms with Crippen molar-refractivity contribution in [1.29, 1.82) is 0 Å². The van der Waals surface area contributed by atoms with Gasteiger partial charge in [0.15, 0.2) is 0 Å². The molecule has 0 aromatic carbocycles. The van der Waals surface area contributed by atoms with Gasteiger partial charge in [0.2, 0.25) is 5.91 Å². The van der Waals surface area contributed by atoms with E-state index in [2.05, 4.69) is 17.2 Å². The Bertz CT molecular complexity index is 407. The highest BCUT2D eigenvalue weighted by molar-refractivity contribution is 5.79. The van der Waals surface area contributed by atoms with Gasteiger partial charge in [0, 0.05) is 25.5 Å². The van der Waals surface area contributed by atoms with Crippen LogP contribution in [-0.2, 0) is 11.2 Å². The molecule has 1 N–H and O–H groups in total. The van der Waals surface area contributed by atoms with E-state index < -0.39 is 0 Å². The van der Waals surface area contributed by atoms with E-state index in [-0.39, 0.29) is 11.4 Å². The van der Waals surface area contributed by atoms with E-state index in [4.69, 9.17) is 0 Å². The first-order chi connectivity index (χ1) is 8.65. The molecular weight excluding hydrogens is 226 g/mol. The molecule has 1 saturated heterocycles. The number of nitrogens with one attached hydrogen (secondary N) is 1. The zero-order chi connectivity index (χ0) is 13.0. The maximum absolute atomic E-state index is 12.4. The topological polar surface area (TPSA) is 45.2 Å². The fraction of sp³-hybridized carbons (Fsp3) is 0.571. The van der Waals surface area contributed by atoms with Crippen molar-refractivity contribution in [3.63, 3.8) is 0 Å². The Morgan fingerprint density at radius 3 is 2.89 bits per heavy atom. The lowest BCUT2D eigenvalue weighted by Crippen LogP contribution is -2.51. The highest BCUT2D eigenvalue weighted by Gasteiger charge is 2.38. The van der Waals surface area contributed by atoms with Gasteiger partial charge in [0.1, 0.15) is 0 Å². The van der Waals surface area contributed by atoms with Crippen molar-refractivity contribution in [3.8, 4) is 0 Å². The van der Waals surface area contributed by atoms with Crippen LogP contribution in [0.25, 0.3) is 0 Å². The van der Waals surface area contributed by atoms with Crippen molar-refractivity contribution in [1.82, 2.24) is 15.2 Å². The number of carbonyl (C=O) groups is 1. The first kappa shape index (κ1) is 13.0. The second kappa shape index (κ2) is 5.48. The van der Waals surface area contributed by atoms with Gasteiger partial charge < -0.3 is 10.2 Å². The highest BCUT2D eigenvalue weighted by Crippen LogP contribution is 2.28. The SMILES string of the molecule is CNCC1(C)CCCN1C(=O)Cc1ccncc1. The predicted octanol–water partition coefficient (Wildman–Crippen LogP) is 1.22. The second-order valence-corrected chi connectivity index (χ2v) is 5.21. The molecule has 4 nitrogen and oxygen atoms in total. The van der Waals surface area contributed by atoms with Crippen LogP contribution in [0.5, 0.6) is 0 Å². The average Bonchev–Trinajstić information content (AvgIpc) is 2.73. The van der Waals surface area contributed by atoms with Gasteiger partial charge in [-0.2, -0.15) is 0 Å². The lowest BCUT2D eigenvalue weighted by atomic mass is 9.98. The Labute approximate surface area is 108 Å². The molecule has 0 bridgehead atoms. The van der Waals surface area contributed by atoms with Gasteiger partial charge in [-0.1, -0.05) is 0 Å². The van der Waals surface area contributed by atoms with Crippen LogP contribution in [0.2, 0.25) is 0 Å². The number of amides is 1. The molecule has 1 aromatic heterocycles. The van der Waals surface area contributed by atoms with Crippen molar-refractivity contribution in [3.05, 3.63) is 30.1 Å². The summed E-state index contributed by atoms with van der Waals surface area (Å²) in [5.41, 5.74) is 1.01. The van der Waals surface area contributed by atoms with Crippen LogP contribution in [0.3, 0.4) is 0 Å². The third-order valence-electron chi connectivity index (χ3n) is 3.71. The molecule has 98 valence electrons. The van der Waals surface area contributed by atoms with E-state index in [1.54, 1.807) is 12.4 Å². The molecule has 2 rings (SSSR count). The first-order valence-corrected chi connectivity index (χ1v) is 6.50. The van der Waals surface area contributed by atoms with Crippen LogP contribution in [0.15, 0.2) is 24.5 Å². The molecule has 2 heterocycles. The average molecular weight is 247 g/mol. The third-order valence-corrected chi connectivity index (χ3v) is 3.71. The smallest absolute Gasteiger partial charge is 0.227 e. The van der Waals surface area contributed by atoms with Crippen LogP contribution < -0.4 is 5.32 Å². The van der Waals surface area contributed by atoms with Crippen molar-refractivity contribution >= 4 is 5.91 Å². The van der Waals surface area contributed by atoms with E-state index in [0.29, 0.717) is 6.42 Å². The summed E-state index contributed by atoms with van der Waals surface area (Å²) in [6.45, 7) is 3.90. The molecule has 1 aromatic rings. The molecule has 1 unspecified atom stereocenters. The summed E-state index contributed by atoms with van der Waals surface area (Å²) >= 11 is 0. The fourth-order valence-electron chi connectivity index (χ4n) is 2.78. The van der Waals surface area contributed by atoms with Gasteiger partial charge in [-0.3, -0.25) is 9.78 Å². The summed E-state index contributed by atoms with van der Waals surface area (Å²) in [5, 5.41) is 3.19. The lowest BCUT2D eigenvalue weighted by molar-refractivity contribution is -0.133. The predicted molar refractivity (Wildman–Crippen MR) is 71.2 cm³/mol. The van der Waals surface area contributed by atoms with E-state index in [9.17, 15) is 4.79 Å². The quantitative estimate of drug-likeness (QED) is 0.870. The number of hydrogen-bond acceptors (Lipinski definition) is 3. The number of carbonyl (C=O) groups excluding carboxylic acids is 1. The second-order valence-electron chi connectivity index (χ2n) is 5.21. The molecule has 0 saturated carbocycles. The van der Waals surface area contributed by atoms with Gasteiger partial charge in [0.05, 0.1) is 12.0 Å². The van der Waals surface area contributed by atoms with Gasteiger partial charge >= 0.3 is 0 Å².